The molecule has 1 N–H and O–H groups in total. The second-order valence-corrected chi connectivity index (χ2v) is 9.10. The lowest BCUT2D eigenvalue weighted by atomic mass is 10.2. The third-order valence-electron chi connectivity index (χ3n) is 4.18. The molecule has 1 atom stereocenters. The van der Waals surface area contributed by atoms with E-state index in [0.717, 1.165) is 0 Å². The molecule has 0 fully saturated rings. The Morgan fingerprint density at radius 3 is 1.86 bits per heavy atom. The van der Waals surface area contributed by atoms with Crippen LogP contribution in [0.4, 0.5) is 13.2 Å². The molecule has 0 aliphatic rings. The summed E-state index contributed by atoms with van der Waals surface area (Å²) in [6, 6.07) is 14.4. The van der Waals surface area contributed by atoms with Crippen LogP contribution in [-0.4, -0.2) is 36.8 Å². The van der Waals surface area contributed by atoms with Gasteiger partial charge in [0.15, 0.2) is 0 Å². The Morgan fingerprint density at radius 2 is 1.43 bits per heavy atom. The summed E-state index contributed by atoms with van der Waals surface area (Å²) in [5.74, 6) is -3.95. The number of esters is 1. The third-order valence-corrected chi connectivity index (χ3v) is 5.57. The van der Waals surface area contributed by atoms with E-state index >= 15 is 0 Å². The molecule has 12 heteroatoms. The maximum absolute atomic E-state index is 13.3. The van der Waals surface area contributed by atoms with Crippen LogP contribution in [0, 0.1) is 0 Å². The van der Waals surface area contributed by atoms with Crippen molar-refractivity contribution in [2.45, 2.75) is 51.8 Å². The number of alkyl halides is 3. The molecule has 8 nitrogen and oxygen atoms in total. The first-order valence-corrected chi connectivity index (χ1v) is 12.0. The Labute approximate surface area is 202 Å². The molecule has 0 saturated heterocycles. The number of ether oxygens (including phenoxy) is 1. The van der Waals surface area contributed by atoms with Crippen LogP contribution in [0.1, 0.15) is 32.8 Å². The number of rotatable bonds is 13. The molecule has 1 amide bonds. The quantitative estimate of drug-likeness (QED) is 0.296. The summed E-state index contributed by atoms with van der Waals surface area (Å²) in [5.41, 5.74) is 1.27. The molecule has 2 rings (SSSR count). The summed E-state index contributed by atoms with van der Waals surface area (Å²) in [6.45, 7) is 1.74. The van der Waals surface area contributed by atoms with Gasteiger partial charge in [0, 0.05) is 6.42 Å². The maximum atomic E-state index is 13.3. The van der Waals surface area contributed by atoms with E-state index < -0.39 is 51.0 Å². The molecular formula is C23H27F3NO7P. The smallest absolute Gasteiger partial charge is 0.461 e. The van der Waals surface area contributed by atoms with Gasteiger partial charge in [-0.3, -0.25) is 18.4 Å². The standard InChI is InChI=1S/C23H27F3NO7P/c1-17(2)34-21(28)20(27-22(29)23(24,25)26)13-14-31-35(30,32-15-18-9-5-3-6-10-18)33-16-19-11-7-4-8-12-19/h3-12,17,20H,13-16H2,1-2H3,(H,27,29)/t20-/m0/s1/i20D. The van der Waals surface area contributed by atoms with Gasteiger partial charge in [-0.2, -0.15) is 13.2 Å². The zero-order valence-electron chi connectivity index (χ0n) is 20.1. The van der Waals surface area contributed by atoms with Crippen LogP contribution in [0.5, 0.6) is 0 Å². The number of carbonyl (C=O) groups is 2. The minimum absolute atomic E-state index is 0.181. The molecule has 0 spiro atoms. The lowest BCUT2D eigenvalue weighted by molar-refractivity contribution is -0.176. The molecule has 2 aromatic rings. The van der Waals surface area contributed by atoms with Gasteiger partial charge in [0.2, 0.25) is 0 Å². The third kappa shape index (κ3) is 10.6. The first-order valence-electron chi connectivity index (χ1n) is 11.0. The second kappa shape index (κ2) is 13.4. The largest absolute Gasteiger partial charge is 0.475 e. The van der Waals surface area contributed by atoms with Gasteiger partial charge in [0.25, 0.3) is 0 Å². The summed E-state index contributed by atoms with van der Waals surface area (Å²) in [6.07, 6.45) is -6.97. The Kier molecular flexibility index (Phi) is 10.3. The number of benzene rings is 2. The molecule has 0 bridgehead atoms. The van der Waals surface area contributed by atoms with Crippen LogP contribution in [-0.2, 0) is 45.7 Å². The van der Waals surface area contributed by atoms with Crippen LogP contribution in [0.25, 0.3) is 0 Å². The molecule has 35 heavy (non-hydrogen) atoms. The molecular weight excluding hydrogens is 490 g/mol. The average Bonchev–Trinajstić information content (AvgIpc) is 2.82. The number of phosphoric acid groups is 1. The van der Waals surface area contributed by atoms with Gasteiger partial charge in [-0.25, -0.2) is 9.36 Å². The van der Waals surface area contributed by atoms with Crippen molar-refractivity contribution in [3.8, 4) is 0 Å². The highest BCUT2D eigenvalue weighted by Crippen LogP contribution is 2.51. The van der Waals surface area contributed by atoms with E-state index in [1.807, 2.05) is 0 Å². The van der Waals surface area contributed by atoms with Crippen molar-refractivity contribution in [3.63, 3.8) is 0 Å². The monoisotopic (exact) mass is 518 g/mol. The molecule has 192 valence electrons. The van der Waals surface area contributed by atoms with Crippen LogP contribution in [0.15, 0.2) is 60.7 Å². The topological polar surface area (TPSA) is 100 Å². The van der Waals surface area contributed by atoms with E-state index in [-0.39, 0.29) is 13.2 Å². The zero-order chi connectivity index (χ0) is 26.8. The highest BCUT2D eigenvalue weighted by atomic mass is 31.2. The zero-order valence-corrected chi connectivity index (χ0v) is 20.0. The van der Waals surface area contributed by atoms with E-state index in [4.69, 9.17) is 19.7 Å². The lowest BCUT2D eigenvalue weighted by Gasteiger charge is -2.22. The van der Waals surface area contributed by atoms with Crippen molar-refractivity contribution in [2.24, 2.45) is 0 Å². The van der Waals surface area contributed by atoms with E-state index in [0.29, 0.717) is 11.1 Å². The number of carbonyl (C=O) groups excluding carboxylic acids is 2. The van der Waals surface area contributed by atoms with Crippen molar-refractivity contribution in [1.82, 2.24) is 5.32 Å². The van der Waals surface area contributed by atoms with Crippen molar-refractivity contribution in [3.05, 3.63) is 71.8 Å². The Hall–Kier alpha value is -2.72. The minimum Gasteiger partial charge on any atom is -0.461 e. The van der Waals surface area contributed by atoms with Crippen molar-refractivity contribution in [2.75, 3.05) is 6.61 Å². The first-order chi connectivity index (χ1) is 16.8. The number of hydrogen-bond donors (Lipinski definition) is 1. The van der Waals surface area contributed by atoms with Gasteiger partial charge in [-0.05, 0) is 25.0 Å². The molecule has 0 unspecified atom stereocenters. The molecule has 2 aromatic carbocycles. The number of nitrogens with one attached hydrogen (secondary N) is 1. The number of halogens is 3. The molecule has 0 aliphatic heterocycles. The number of hydrogen-bond acceptors (Lipinski definition) is 7. The summed E-state index contributed by atoms with van der Waals surface area (Å²) in [7, 11) is -4.33. The summed E-state index contributed by atoms with van der Waals surface area (Å²) in [5, 5.41) is 1.32. The fourth-order valence-corrected chi connectivity index (χ4v) is 3.69. The minimum atomic E-state index is -5.35. The van der Waals surface area contributed by atoms with Gasteiger partial charge >= 0.3 is 25.9 Å². The van der Waals surface area contributed by atoms with Crippen molar-refractivity contribution < 1.29 is 47.0 Å². The summed E-state index contributed by atoms with van der Waals surface area (Å²) < 4.78 is 80.6. The number of phosphoric ester groups is 1. The van der Waals surface area contributed by atoms with Gasteiger partial charge in [-0.15, -0.1) is 0 Å². The van der Waals surface area contributed by atoms with Gasteiger partial charge < -0.3 is 10.1 Å². The first kappa shape index (κ1) is 26.9. The van der Waals surface area contributed by atoms with Crippen LogP contribution < -0.4 is 5.32 Å². The van der Waals surface area contributed by atoms with Gasteiger partial charge in [-0.1, -0.05) is 60.7 Å². The summed E-state index contributed by atoms with van der Waals surface area (Å²) in [4.78, 5) is 23.8. The molecule has 0 radical (unpaired) electrons. The molecule has 0 saturated carbocycles. The van der Waals surface area contributed by atoms with Crippen LogP contribution in [0.2, 0.25) is 0 Å². The highest BCUT2D eigenvalue weighted by Gasteiger charge is 2.41. The highest BCUT2D eigenvalue weighted by molar-refractivity contribution is 7.48. The summed E-state index contributed by atoms with van der Waals surface area (Å²) >= 11 is 0. The predicted molar refractivity (Wildman–Crippen MR) is 120 cm³/mol. The maximum Gasteiger partial charge on any atom is 0.475 e. The van der Waals surface area contributed by atoms with E-state index in [1.165, 1.54) is 19.2 Å². The van der Waals surface area contributed by atoms with Gasteiger partial charge in [0.1, 0.15) is 6.02 Å². The molecule has 0 heterocycles. The van der Waals surface area contributed by atoms with E-state index in [2.05, 4.69) is 0 Å². The molecule has 0 aromatic heterocycles. The van der Waals surface area contributed by atoms with E-state index in [9.17, 15) is 27.3 Å². The van der Waals surface area contributed by atoms with Crippen LogP contribution in [0.3, 0.4) is 0 Å². The normalized spacial score (nSPS) is 14.2. The number of amides is 1. The fraction of sp³-hybridized carbons (Fsp3) is 0.391. The van der Waals surface area contributed by atoms with Gasteiger partial charge in [0.05, 0.1) is 27.3 Å². The van der Waals surface area contributed by atoms with Crippen molar-refractivity contribution in [1.29, 1.82) is 0 Å². The SMILES string of the molecule is [2H][C@@](CCOP(=O)(OCc1ccccc1)OCc1ccccc1)(NC(=O)C(F)(F)F)C(=O)OC(C)C. The fourth-order valence-electron chi connectivity index (χ4n) is 2.54. The molecule has 0 aliphatic carbocycles. The Bertz CT molecular complexity index is 994. The average molecular weight is 518 g/mol. The Morgan fingerprint density at radius 1 is 0.943 bits per heavy atom. The Balaban J connectivity index is 2.14. The van der Waals surface area contributed by atoms with E-state index in [1.54, 1.807) is 60.7 Å². The second-order valence-electron chi connectivity index (χ2n) is 7.43. The predicted octanol–water partition coefficient (Wildman–Crippen LogP) is 4.93. The lowest BCUT2D eigenvalue weighted by Crippen LogP contribution is -2.48. The van der Waals surface area contributed by atoms with Crippen molar-refractivity contribution >= 4 is 19.7 Å². The van der Waals surface area contributed by atoms with Crippen LogP contribution >= 0.6 is 7.82 Å².